The van der Waals surface area contributed by atoms with Gasteiger partial charge in [-0.1, -0.05) is 0 Å². The van der Waals surface area contributed by atoms with E-state index in [0.29, 0.717) is 16.4 Å². The highest BCUT2D eigenvalue weighted by atomic mass is 19.3. The number of aromatic nitrogens is 4. The fourth-order valence-corrected chi connectivity index (χ4v) is 1.99. The van der Waals surface area contributed by atoms with Crippen molar-refractivity contribution in [1.82, 2.24) is 25.0 Å². The maximum atomic E-state index is 13.6. The van der Waals surface area contributed by atoms with Crippen molar-refractivity contribution in [3.8, 4) is 0 Å². The molecular weight excluding hydrogens is 351 g/mol. The van der Waals surface area contributed by atoms with Crippen molar-refractivity contribution in [3.63, 3.8) is 0 Å². The lowest BCUT2D eigenvalue weighted by molar-refractivity contribution is -0.121. The van der Waals surface area contributed by atoms with Crippen LogP contribution >= 0.6 is 0 Å². The summed E-state index contributed by atoms with van der Waals surface area (Å²) in [6.45, 7) is 0.773. The van der Waals surface area contributed by atoms with Gasteiger partial charge >= 0.3 is 0 Å². The lowest BCUT2D eigenvalue weighted by Gasteiger charge is -2.05. The summed E-state index contributed by atoms with van der Waals surface area (Å²) in [6, 6.07) is 0.528. The molecule has 0 bridgehead atoms. The van der Waals surface area contributed by atoms with Crippen molar-refractivity contribution in [3.05, 3.63) is 34.7 Å². The number of amides is 1. The third kappa shape index (κ3) is 4.19. The van der Waals surface area contributed by atoms with Crippen LogP contribution < -0.4 is 5.43 Å². The van der Waals surface area contributed by atoms with E-state index in [1.807, 2.05) is 5.43 Å². The van der Waals surface area contributed by atoms with Gasteiger partial charge in [0.05, 0.1) is 17.5 Å². The predicted molar refractivity (Wildman–Crippen MR) is 75.8 cm³/mol. The molecule has 0 fully saturated rings. The average Bonchev–Trinajstić information content (AvgIpc) is 3.04. The van der Waals surface area contributed by atoms with E-state index >= 15 is 0 Å². The van der Waals surface area contributed by atoms with Crippen LogP contribution in [0.4, 0.5) is 22.0 Å². The van der Waals surface area contributed by atoms with Gasteiger partial charge in [-0.05, 0) is 13.0 Å². The minimum atomic E-state index is -3.08. The first-order chi connectivity index (χ1) is 11.7. The normalized spacial score (nSPS) is 11.9. The van der Waals surface area contributed by atoms with Crippen LogP contribution in [0.15, 0.2) is 11.2 Å². The second-order valence-corrected chi connectivity index (χ2v) is 4.96. The molecule has 2 heterocycles. The highest BCUT2D eigenvalue weighted by molar-refractivity contribution is 5.83. The predicted octanol–water partition coefficient (Wildman–Crippen LogP) is 2.09. The van der Waals surface area contributed by atoms with Crippen LogP contribution in [0, 0.1) is 12.9 Å². The largest absolute Gasteiger partial charge is 0.282 e. The molecule has 0 saturated heterocycles. The molecule has 0 aliphatic heterocycles. The van der Waals surface area contributed by atoms with Gasteiger partial charge in [0.1, 0.15) is 17.9 Å². The molecule has 7 nitrogen and oxygen atoms in total. The number of aryl methyl sites for hydroxylation is 2. The number of nitrogens with zero attached hydrogens (tertiary/aromatic N) is 5. The Morgan fingerprint density at radius 1 is 1.32 bits per heavy atom. The topological polar surface area (TPSA) is 77.1 Å². The number of alkyl halides is 4. The number of hydrazone groups is 1. The van der Waals surface area contributed by atoms with E-state index in [2.05, 4.69) is 15.3 Å². The maximum Gasteiger partial charge on any atom is 0.282 e. The molecule has 2 aromatic rings. The minimum absolute atomic E-state index is 0.0372. The zero-order valence-electron chi connectivity index (χ0n) is 13.1. The highest BCUT2D eigenvalue weighted by Crippen LogP contribution is 2.24. The van der Waals surface area contributed by atoms with Crippen molar-refractivity contribution < 1.29 is 26.7 Å². The van der Waals surface area contributed by atoms with E-state index in [4.69, 9.17) is 0 Å². The van der Waals surface area contributed by atoms with Crippen LogP contribution in [-0.4, -0.2) is 31.7 Å². The molecule has 0 aliphatic carbocycles. The van der Waals surface area contributed by atoms with E-state index in [1.54, 1.807) is 0 Å². The highest BCUT2D eigenvalue weighted by Gasteiger charge is 2.22. The quantitative estimate of drug-likeness (QED) is 0.484. The summed E-state index contributed by atoms with van der Waals surface area (Å²) < 4.78 is 65.8. The van der Waals surface area contributed by atoms with Crippen molar-refractivity contribution in [2.45, 2.75) is 26.3 Å². The van der Waals surface area contributed by atoms with Gasteiger partial charge in [0.25, 0.3) is 18.8 Å². The number of hydrogen-bond donors (Lipinski definition) is 1. The number of rotatable bonds is 6. The summed E-state index contributed by atoms with van der Waals surface area (Å²) in [4.78, 5) is 11.7. The van der Waals surface area contributed by atoms with Crippen molar-refractivity contribution in [2.75, 3.05) is 0 Å². The number of hydrogen-bond acceptors (Lipinski definition) is 4. The Kier molecular flexibility index (Phi) is 5.49. The zero-order chi connectivity index (χ0) is 18.7. The number of carbonyl (C=O) groups excluding carboxylic acids is 1. The van der Waals surface area contributed by atoms with Crippen LogP contribution in [-0.2, 0) is 18.4 Å². The Morgan fingerprint density at radius 3 is 2.52 bits per heavy atom. The molecule has 0 saturated carbocycles. The molecule has 12 heteroatoms. The zero-order valence-corrected chi connectivity index (χ0v) is 13.1. The second-order valence-electron chi connectivity index (χ2n) is 4.96. The van der Waals surface area contributed by atoms with Gasteiger partial charge in [-0.25, -0.2) is 27.7 Å². The second kappa shape index (κ2) is 7.40. The van der Waals surface area contributed by atoms with Crippen LogP contribution in [0.3, 0.4) is 0 Å². The molecule has 0 atom stereocenters. The molecular formula is C13H13F5N6O. The van der Waals surface area contributed by atoms with Crippen molar-refractivity contribution in [2.24, 2.45) is 12.1 Å². The van der Waals surface area contributed by atoms with Crippen LogP contribution in [0.5, 0.6) is 0 Å². The summed E-state index contributed by atoms with van der Waals surface area (Å²) in [5, 5.41) is 10.6. The van der Waals surface area contributed by atoms with Crippen LogP contribution in [0.2, 0.25) is 0 Å². The van der Waals surface area contributed by atoms with Gasteiger partial charge in [0, 0.05) is 7.05 Å². The molecule has 0 aliphatic rings. The Bertz CT molecular complexity index is 797. The molecule has 25 heavy (non-hydrogen) atoms. The first kappa shape index (κ1) is 18.5. The van der Waals surface area contributed by atoms with Gasteiger partial charge in [-0.3, -0.25) is 9.48 Å². The van der Waals surface area contributed by atoms with Gasteiger partial charge in [0.2, 0.25) is 5.95 Å². The van der Waals surface area contributed by atoms with Crippen molar-refractivity contribution >= 4 is 12.1 Å². The number of halogens is 5. The van der Waals surface area contributed by atoms with Crippen molar-refractivity contribution in [1.29, 1.82) is 0 Å². The summed E-state index contributed by atoms with van der Waals surface area (Å²) in [5.74, 6) is -1.58. The van der Waals surface area contributed by atoms with Gasteiger partial charge in [0.15, 0.2) is 0 Å². The molecule has 1 N–H and O–H groups in total. The lowest BCUT2D eigenvalue weighted by atomic mass is 10.3. The standard InChI is InChI=1S/C13H13F5N6O/c1-6-7(13(18)23(2)21-6)4-19-20-10(25)5-24-9(12(16)17)3-8(22-24)11(14)15/h3-4,11-12H,5H2,1-2H3,(H,20,25)/b19-4+. The molecule has 2 rings (SSSR count). The molecule has 1 amide bonds. The van der Waals surface area contributed by atoms with Gasteiger partial charge < -0.3 is 0 Å². The maximum absolute atomic E-state index is 13.6. The summed E-state index contributed by atoms with van der Waals surface area (Å²) in [6.07, 6.45) is -5.13. The molecule has 0 aromatic carbocycles. The van der Waals surface area contributed by atoms with E-state index in [-0.39, 0.29) is 5.56 Å². The molecule has 0 radical (unpaired) electrons. The van der Waals surface area contributed by atoms with Crippen LogP contribution in [0.25, 0.3) is 0 Å². The van der Waals surface area contributed by atoms with E-state index in [9.17, 15) is 26.7 Å². The Hall–Kier alpha value is -2.79. The average molecular weight is 364 g/mol. The monoisotopic (exact) mass is 364 g/mol. The number of nitrogens with one attached hydrogen (secondary N) is 1. The fourth-order valence-electron chi connectivity index (χ4n) is 1.99. The minimum Gasteiger partial charge on any atom is -0.271 e. The lowest BCUT2D eigenvalue weighted by Crippen LogP contribution is -2.25. The molecule has 0 unspecified atom stereocenters. The molecule has 2 aromatic heterocycles. The Labute approximate surface area is 138 Å². The summed E-state index contributed by atoms with van der Waals surface area (Å²) in [5.41, 5.74) is 0.667. The Morgan fingerprint density at radius 2 is 2.00 bits per heavy atom. The summed E-state index contributed by atoms with van der Waals surface area (Å²) in [7, 11) is 1.38. The summed E-state index contributed by atoms with van der Waals surface area (Å²) >= 11 is 0. The van der Waals surface area contributed by atoms with Gasteiger partial charge in [-0.2, -0.15) is 19.7 Å². The van der Waals surface area contributed by atoms with E-state index < -0.39 is 42.6 Å². The van der Waals surface area contributed by atoms with E-state index in [1.165, 1.54) is 14.0 Å². The number of carbonyl (C=O) groups is 1. The SMILES string of the molecule is Cc1nn(C)c(F)c1/C=N/NC(=O)Cn1nc(C(F)F)cc1C(F)F. The third-order valence-electron chi connectivity index (χ3n) is 3.15. The Balaban J connectivity index is 2.06. The fraction of sp³-hybridized carbons (Fsp3) is 0.385. The first-order valence-corrected chi connectivity index (χ1v) is 6.85. The van der Waals surface area contributed by atoms with Crippen LogP contribution in [0.1, 0.15) is 35.5 Å². The van der Waals surface area contributed by atoms with E-state index in [0.717, 1.165) is 10.9 Å². The van der Waals surface area contributed by atoms with Gasteiger partial charge in [-0.15, -0.1) is 0 Å². The first-order valence-electron chi connectivity index (χ1n) is 6.85. The molecule has 136 valence electrons. The smallest absolute Gasteiger partial charge is 0.271 e. The molecule has 0 spiro atoms. The third-order valence-corrected chi connectivity index (χ3v) is 3.15.